The van der Waals surface area contributed by atoms with E-state index in [-0.39, 0.29) is 23.6 Å². The molecule has 0 spiro atoms. The lowest BCUT2D eigenvalue weighted by molar-refractivity contribution is 0.193. The van der Waals surface area contributed by atoms with Gasteiger partial charge in [0.25, 0.3) is 5.56 Å². The van der Waals surface area contributed by atoms with E-state index < -0.39 is 6.09 Å². The summed E-state index contributed by atoms with van der Waals surface area (Å²) in [6.07, 6.45) is 0.653. The molecule has 0 bridgehead atoms. The molecule has 7 nitrogen and oxygen atoms in total. The Kier molecular flexibility index (Phi) is 7.76. The second kappa shape index (κ2) is 9.87. The minimum Gasteiger partial charge on any atom is -0.491 e. The number of aromatic nitrogens is 1. The minimum atomic E-state index is -1.15. The SMILES string of the molecule is CCCCOc1c(CNC(=O)O)n(CC(C)(C)C)c(=O)c2ccc(OC(C)C)cc12. The van der Waals surface area contributed by atoms with E-state index in [1.54, 1.807) is 16.7 Å². The smallest absolute Gasteiger partial charge is 0.404 e. The average molecular weight is 419 g/mol. The van der Waals surface area contributed by atoms with Crippen LogP contribution in [0.3, 0.4) is 0 Å². The molecule has 0 aliphatic heterocycles. The number of carboxylic acid groups (broad SMARTS) is 1. The molecule has 0 atom stereocenters. The van der Waals surface area contributed by atoms with Gasteiger partial charge in [0.15, 0.2) is 0 Å². The number of carbonyl (C=O) groups is 1. The Morgan fingerprint density at radius 3 is 2.50 bits per heavy atom. The Morgan fingerprint density at radius 2 is 1.93 bits per heavy atom. The zero-order valence-corrected chi connectivity index (χ0v) is 18.9. The van der Waals surface area contributed by atoms with Crippen LogP contribution in [-0.4, -0.2) is 28.5 Å². The largest absolute Gasteiger partial charge is 0.491 e. The Bertz CT molecular complexity index is 941. The summed E-state index contributed by atoms with van der Waals surface area (Å²) in [7, 11) is 0. The van der Waals surface area contributed by atoms with Gasteiger partial charge in [-0.05, 0) is 43.9 Å². The maximum absolute atomic E-state index is 13.4. The van der Waals surface area contributed by atoms with E-state index in [9.17, 15) is 9.59 Å². The molecule has 2 N–H and O–H groups in total. The van der Waals surface area contributed by atoms with Gasteiger partial charge in [0.05, 0.1) is 30.3 Å². The fraction of sp³-hybridized carbons (Fsp3) is 0.565. The zero-order chi connectivity index (χ0) is 22.5. The van der Waals surface area contributed by atoms with Crippen LogP contribution in [0.1, 0.15) is 60.1 Å². The summed E-state index contributed by atoms with van der Waals surface area (Å²) in [4.78, 5) is 24.6. The monoisotopic (exact) mass is 418 g/mol. The van der Waals surface area contributed by atoms with Gasteiger partial charge in [0, 0.05) is 11.9 Å². The summed E-state index contributed by atoms with van der Waals surface area (Å²) in [5, 5.41) is 12.7. The number of unbranched alkanes of at least 4 members (excludes halogenated alkanes) is 1. The van der Waals surface area contributed by atoms with E-state index >= 15 is 0 Å². The van der Waals surface area contributed by atoms with Gasteiger partial charge in [-0.3, -0.25) is 4.79 Å². The highest BCUT2D eigenvalue weighted by atomic mass is 16.5. The van der Waals surface area contributed by atoms with Crippen LogP contribution < -0.4 is 20.3 Å². The maximum Gasteiger partial charge on any atom is 0.404 e. The number of rotatable bonds is 9. The van der Waals surface area contributed by atoms with E-state index in [1.807, 2.05) is 40.7 Å². The van der Waals surface area contributed by atoms with Crippen LogP contribution in [0.5, 0.6) is 11.5 Å². The van der Waals surface area contributed by atoms with Gasteiger partial charge in [0.1, 0.15) is 11.5 Å². The van der Waals surface area contributed by atoms with Gasteiger partial charge in [-0.15, -0.1) is 0 Å². The van der Waals surface area contributed by atoms with E-state index in [1.165, 1.54) is 0 Å². The molecule has 0 aliphatic rings. The number of benzene rings is 1. The predicted octanol–water partition coefficient (Wildman–Crippen LogP) is 4.78. The van der Waals surface area contributed by atoms with Crippen LogP contribution in [0, 0.1) is 5.41 Å². The van der Waals surface area contributed by atoms with Gasteiger partial charge in [-0.2, -0.15) is 0 Å². The molecule has 1 heterocycles. The lowest BCUT2D eigenvalue weighted by Gasteiger charge is -2.25. The number of pyridine rings is 1. The minimum absolute atomic E-state index is 0.0127. The molecular formula is C23H34N2O5. The van der Waals surface area contributed by atoms with Crippen molar-refractivity contribution >= 4 is 16.9 Å². The number of amides is 1. The fourth-order valence-electron chi connectivity index (χ4n) is 3.25. The molecule has 1 aromatic carbocycles. The van der Waals surface area contributed by atoms with E-state index in [0.717, 1.165) is 12.8 Å². The van der Waals surface area contributed by atoms with Crippen LogP contribution >= 0.6 is 0 Å². The standard InChI is InChI=1S/C23H34N2O5/c1-7-8-11-29-20-18-12-16(30-15(2)3)9-10-17(18)21(26)25(14-23(4,5)6)19(20)13-24-22(27)28/h9-10,12,15,24H,7-8,11,13-14H2,1-6H3,(H,27,28). The first kappa shape index (κ1) is 23.6. The highest BCUT2D eigenvalue weighted by Gasteiger charge is 2.23. The van der Waals surface area contributed by atoms with Gasteiger partial charge in [0.2, 0.25) is 0 Å². The second-order valence-electron chi connectivity index (χ2n) is 8.96. The second-order valence-corrected chi connectivity index (χ2v) is 8.96. The summed E-state index contributed by atoms with van der Waals surface area (Å²) in [6, 6.07) is 5.36. The van der Waals surface area contributed by atoms with E-state index in [2.05, 4.69) is 12.2 Å². The lowest BCUT2D eigenvalue weighted by Crippen LogP contribution is -2.33. The number of nitrogens with zero attached hydrogens (tertiary/aromatic N) is 1. The van der Waals surface area contributed by atoms with Crippen molar-refractivity contribution in [3.63, 3.8) is 0 Å². The molecule has 30 heavy (non-hydrogen) atoms. The molecule has 2 aromatic rings. The topological polar surface area (TPSA) is 89.8 Å². The van der Waals surface area contributed by atoms with E-state index in [4.69, 9.17) is 14.6 Å². The summed E-state index contributed by atoms with van der Waals surface area (Å²) >= 11 is 0. The van der Waals surface area contributed by atoms with Gasteiger partial charge < -0.3 is 24.5 Å². The highest BCUT2D eigenvalue weighted by molar-refractivity contribution is 5.89. The molecule has 166 valence electrons. The third-order valence-electron chi connectivity index (χ3n) is 4.45. The van der Waals surface area contributed by atoms with Crippen LogP contribution in [0.25, 0.3) is 10.8 Å². The van der Waals surface area contributed by atoms with Crippen LogP contribution in [-0.2, 0) is 13.1 Å². The number of hydrogen-bond donors (Lipinski definition) is 2. The number of hydrogen-bond acceptors (Lipinski definition) is 4. The molecule has 2 rings (SSSR count). The van der Waals surface area contributed by atoms with Crippen LogP contribution in [0.15, 0.2) is 23.0 Å². The first-order chi connectivity index (χ1) is 14.0. The molecule has 7 heteroatoms. The first-order valence-electron chi connectivity index (χ1n) is 10.5. The van der Waals surface area contributed by atoms with E-state index in [0.29, 0.717) is 41.1 Å². The van der Waals surface area contributed by atoms with Crippen molar-refractivity contribution in [2.45, 2.75) is 73.6 Å². The Morgan fingerprint density at radius 1 is 1.23 bits per heavy atom. The Labute approximate surface area is 178 Å². The normalized spacial score (nSPS) is 11.7. The van der Waals surface area contributed by atoms with Crippen LogP contribution in [0.4, 0.5) is 4.79 Å². The van der Waals surface area contributed by atoms with Gasteiger partial charge >= 0.3 is 6.09 Å². The molecule has 0 unspecified atom stereocenters. The number of fused-ring (bicyclic) bond motifs is 1. The summed E-state index contributed by atoms with van der Waals surface area (Å²) in [6.45, 7) is 13.0. The molecule has 0 saturated carbocycles. The van der Waals surface area contributed by atoms with Crippen molar-refractivity contribution in [3.05, 3.63) is 34.2 Å². The van der Waals surface area contributed by atoms with Gasteiger partial charge in [-0.1, -0.05) is 34.1 Å². The molecule has 1 aromatic heterocycles. The lowest BCUT2D eigenvalue weighted by atomic mass is 9.96. The van der Waals surface area contributed by atoms with Crippen molar-refractivity contribution < 1.29 is 19.4 Å². The summed E-state index contributed by atoms with van der Waals surface area (Å²) in [5.41, 5.74) is 0.181. The molecule has 0 saturated heterocycles. The molecule has 0 radical (unpaired) electrons. The molecular weight excluding hydrogens is 384 g/mol. The quantitative estimate of drug-likeness (QED) is 0.572. The van der Waals surface area contributed by atoms with Crippen LogP contribution in [0.2, 0.25) is 0 Å². The third kappa shape index (κ3) is 6.15. The number of nitrogens with one attached hydrogen (secondary N) is 1. The highest BCUT2D eigenvalue weighted by Crippen LogP contribution is 2.33. The van der Waals surface area contributed by atoms with Crippen molar-refractivity contribution in [1.29, 1.82) is 0 Å². The first-order valence-corrected chi connectivity index (χ1v) is 10.5. The predicted molar refractivity (Wildman–Crippen MR) is 119 cm³/mol. The Balaban J connectivity index is 2.78. The maximum atomic E-state index is 13.4. The van der Waals surface area contributed by atoms with Crippen molar-refractivity contribution in [2.75, 3.05) is 6.61 Å². The zero-order valence-electron chi connectivity index (χ0n) is 18.9. The summed E-state index contributed by atoms with van der Waals surface area (Å²) < 4.78 is 13.6. The summed E-state index contributed by atoms with van der Waals surface area (Å²) in [5.74, 6) is 1.17. The number of ether oxygens (including phenoxy) is 2. The van der Waals surface area contributed by atoms with Crippen molar-refractivity contribution in [2.24, 2.45) is 5.41 Å². The average Bonchev–Trinajstić information content (AvgIpc) is 2.62. The van der Waals surface area contributed by atoms with Crippen molar-refractivity contribution in [3.8, 4) is 11.5 Å². The third-order valence-corrected chi connectivity index (χ3v) is 4.45. The fourth-order valence-corrected chi connectivity index (χ4v) is 3.25. The Hall–Kier alpha value is -2.70. The van der Waals surface area contributed by atoms with Gasteiger partial charge in [-0.25, -0.2) is 4.79 Å². The molecule has 1 amide bonds. The molecule has 0 aliphatic carbocycles. The van der Waals surface area contributed by atoms with Crippen molar-refractivity contribution in [1.82, 2.24) is 9.88 Å². The molecule has 0 fully saturated rings.